The van der Waals surface area contributed by atoms with Crippen LogP contribution in [-0.4, -0.2) is 132 Å². The van der Waals surface area contributed by atoms with Crippen molar-refractivity contribution in [1.29, 1.82) is 0 Å². The minimum atomic E-state index is -1.05. The molecule has 18 heteroatoms. The van der Waals surface area contributed by atoms with E-state index in [0.29, 0.717) is 47.6 Å². The molecule has 5 aromatic rings. The number of aromatic hydroxyl groups is 1. The van der Waals surface area contributed by atoms with Gasteiger partial charge in [0.05, 0.1) is 67.6 Å². The Labute approximate surface area is 372 Å². The first-order valence-corrected chi connectivity index (χ1v) is 21.3. The van der Waals surface area contributed by atoms with E-state index in [1.165, 1.54) is 16.7 Å². The van der Waals surface area contributed by atoms with Gasteiger partial charge < -0.3 is 34.9 Å². The highest BCUT2D eigenvalue weighted by Crippen LogP contribution is 2.35. The van der Waals surface area contributed by atoms with E-state index >= 15 is 0 Å². The van der Waals surface area contributed by atoms with Gasteiger partial charge in [-0.2, -0.15) is 0 Å². The van der Waals surface area contributed by atoms with Crippen LogP contribution in [0.2, 0.25) is 0 Å². The fourth-order valence-corrected chi connectivity index (χ4v) is 8.28. The molecule has 65 heavy (non-hydrogen) atoms. The number of carbonyl (C=O) groups is 6. The van der Waals surface area contributed by atoms with E-state index < -0.39 is 41.1 Å². The summed E-state index contributed by atoms with van der Waals surface area (Å²) in [7, 11) is 0. The molecule has 6 amide bonds. The lowest BCUT2D eigenvalue weighted by Crippen LogP contribution is -2.54. The van der Waals surface area contributed by atoms with Crippen molar-refractivity contribution in [2.24, 2.45) is 0 Å². The summed E-state index contributed by atoms with van der Waals surface area (Å²) in [4.78, 5) is 97.3. The molecular weight excluding hydrogens is 839 g/mol. The van der Waals surface area contributed by atoms with Crippen LogP contribution < -0.4 is 21.5 Å². The Morgan fingerprint density at radius 3 is 2.32 bits per heavy atom. The molecule has 2 fully saturated rings. The molecule has 3 aliphatic rings. The minimum absolute atomic E-state index is 0.0384. The molecule has 1 aromatic heterocycles. The number of fused-ring (bicyclic) bond motifs is 3. The maximum absolute atomic E-state index is 14.2. The Hall–Kier alpha value is -7.28. The molecule has 1 atom stereocenters. The molecule has 0 aliphatic carbocycles. The zero-order valence-electron chi connectivity index (χ0n) is 35.4. The van der Waals surface area contributed by atoms with Gasteiger partial charge in [-0.1, -0.05) is 43.0 Å². The molecule has 8 rings (SSSR count). The molecule has 4 aromatic carbocycles. The Bertz CT molecular complexity index is 2780. The second-order valence-electron chi connectivity index (χ2n) is 15.7. The lowest BCUT2D eigenvalue weighted by atomic mass is 9.96. The Morgan fingerprint density at radius 2 is 1.57 bits per heavy atom. The van der Waals surface area contributed by atoms with Crippen LogP contribution in [0, 0.1) is 0 Å². The zero-order chi connectivity index (χ0) is 45.6. The number of ether oxygens (including phenoxy) is 3. The average molecular weight is 886 g/mol. The minimum Gasteiger partial charge on any atom is -0.508 e. The highest BCUT2D eigenvalue weighted by atomic mass is 16.5. The summed E-state index contributed by atoms with van der Waals surface area (Å²) in [5, 5.41) is 20.6. The summed E-state index contributed by atoms with van der Waals surface area (Å²) in [6.07, 6.45) is 1.35. The summed E-state index contributed by atoms with van der Waals surface area (Å²) >= 11 is 0. The summed E-state index contributed by atoms with van der Waals surface area (Å²) in [6, 6.07) is 20.1. The molecule has 0 bridgehead atoms. The van der Waals surface area contributed by atoms with E-state index in [0.717, 1.165) is 21.2 Å². The first-order valence-electron chi connectivity index (χ1n) is 21.3. The fraction of sp³-hybridized carbons (Fsp3) is 0.319. The number of imide groups is 2. The number of hydrogen-bond acceptors (Lipinski definition) is 13. The van der Waals surface area contributed by atoms with E-state index in [-0.39, 0.29) is 94.3 Å². The summed E-state index contributed by atoms with van der Waals surface area (Å²) in [6.45, 7) is 6.00. The first kappa shape index (κ1) is 44.3. The Balaban J connectivity index is 0.773. The van der Waals surface area contributed by atoms with E-state index in [4.69, 9.17) is 19.2 Å². The number of aromatic nitrogens is 2. The van der Waals surface area contributed by atoms with Crippen LogP contribution in [0.3, 0.4) is 0 Å². The number of benzene rings is 4. The third-order valence-electron chi connectivity index (χ3n) is 11.5. The number of phenolic OH excluding ortho intramolecular Hbond substituents is 1. The molecule has 336 valence electrons. The number of anilines is 1. The number of nitrogens with zero attached hydrogens (tertiary/aromatic N) is 4. The predicted molar refractivity (Wildman–Crippen MR) is 237 cm³/mol. The van der Waals surface area contributed by atoms with Crippen LogP contribution in [0.25, 0.3) is 32.8 Å². The van der Waals surface area contributed by atoms with Crippen molar-refractivity contribution in [2.75, 3.05) is 71.1 Å². The van der Waals surface area contributed by atoms with E-state index in [2.05, 4.69) is 22.5 Å². The van der Waals surface area contributed by atoms with Gasteiger partial charge in [0.2, 0.25) is 23.6 Å². The number of likely N-dealkylation sites (tertiary alicyclic amines) is 1. The fourth-order valence-electron chi connectivity index (χ4n) is 8.28. The van der Waals surface area contributed by atoms with Gasteiger partial charge in [0.25, 0.3) is 17.4 Å². The topological polar surface area (TPSA) is 228 Å². The zero-order valence-corrected chi connectivity index (χ0v) is 35.4. The monoisotopic (exact) mass is 885 g/mol. The lowest BCUT2D eigenvalue weighted by molar-refractivity contribution is -0.136. The average Bonchev–Trinajstić information content (AvgIpc) is 3.54. The van der Waals surface area contributed by atoms with Crippen LogP contribution >= 0.6 is 0 Å². The maximum Gasteiger partial charge on any atom is 0.264 e. The van der Waals surface area contributed by atoms with Gasteiger partial charge in [0, 0.05) is 38.3 Å². The molecule has 1 unspecified atom stereocenters. The van der Waals surface area contributed by atoms with Crippen molar-refractivity contribution in [2.45, 2.75) is 31.3 Å². The summed E-state index contributed by atoms with van der Waals surface area (Å²) in [5.41, 5.74) is 2.29. The second-order valence-corrected chi connectivity index (χ2v) is 15.7. The van der Waals surface area contributed by atoms with Crippen LogP contribution in [-0.2, 0) is 39.9 Å². The molecule has 4 N–H and O–H groups in total. The van der Waals surface area contributed by atoms with Crippen LogP contribution in [0.5, 0.6) is 5.75 Å². The number of amides is 6. The molecule has 0 radical (unpaired) electrons. The standard InChI is InChI=1S/C47H47N7O11/c1-2-41(58)52-25-30(26-52)43-50-36-11-10-29(34-24-31(55)22-28-6-3-4-7-32(28)34)23-35(36)45(60)53(43)27-40(57)49-15-17-64-19-21-65-20-18-63-16-14-48-37-9-5-8-33-42(37)47(62)54(46(33)61)38-12-13-39(56)51-44(38)59/h2-11,22-24,30,38,48,55H,1,12-21,25-27H2,(H,49,57)(H,51,56,59). The second kappa shape index (κ2) is 19.6. The highest BCUT2D eigenvalue weighted by Gasteiger charge is 2.45. The molecule has 3 aliphatic heterocycles. The van der Waals surface area contributed by atoms with Crippen molar-refractivity contribution >= 4 is 62.8 Å². The Morgan fingerprint density at radius 1 is 0.831 bits per heavy atom. The molecule has 18 nitrogen and oxygen atoms in total. The van der Waals surface area contributed by atoms with E-state index in [9.17, 15) is 38.7 Å². The van der Waals surface area contributed by atoms with E-state index in [1.807, 2.05) is 30.3 Å². The molecule has 0 saturated carbocycles. The smallest absolute Gasteiger partial charge is 0.264 e. The summed E-state index contributed by atoms with van der Waals surface area (Å²) in [5.74, 6) is -2.69. The van der Waals surface area contributed by atoms with Gasteiger partial charge in [-0.25, -0.2) is 4.98 Å². The quantitative estimate of drug-likeness (QED) is 0.0532. The molecule has 0 spiro atoms. The molecule has 2 saturated heterocycles. The van der Waals surface area contributed by atoms with Crippen molar-refractivity contribution in [3.63, 3.8) is 0 Å². The van der Waals surface area contributed by atoms with Crippen LogP contribution in [0.1, 0.15) is 45.3 Å². The largest absolute Gasteiger partial charge is 0.508 e. The van der Waals surface area contributed by atoms with E-state index in [1.54, 1.807) is 41.3 Å². The van der Waals surface area contributed by atoms with Crippen LogP contribution in [0.15, 0.2) is 90.2 Å². The van der Waals surface area contributed by atoms with Crippen molar-refractivity contribution in [3.8, 4) is 16.9 Å². The maximum atomic E-state index is 14.2. The van der Waals surface area contributed by atoms with Crippen molar-refractivity contribution < 1.29 is 48.1 Å². The van der Waals surface area contributed by atoms with Gasteiger partial charge in [-0.15, -0.1) is 0 Å². The SMILES string of the molecule is C=CC(=O)N1CC(c2nc3ccc(-c4cc(O)cc5ccccc45)cc3c(=O)n2CC(=O)NCCOCCOCCOCCNc2cccc3c2C(=O)N(C2CCC(=O)NC2=O)C3=O)C1. The number of hydrogen-bond donors (Lipinski definition) is 4. The lowest BCUT2D eigenvalue weighted by Gasteiger charge is -2.39. The molecule has 4 heterocycles. The van der Waals surface area contributed by atoms with Crippen molar-refractivity contribution in [3.05, 3.63) is 113 Å². The third kappa shape index (κ3) is 9.50. The number of carbonyl (C=O) groups excluding carboxylic acids is 6. The van der Waals surface area contributed by atoms with Crippen LogP contribution in [0.4, 0.5) is 5.69 Å². The van der Waals surface area contributed by atoms with Gasteiger partial charge in [0.15, 0.2) is 0 Å². The first-order chi connectivity index (χ1) is 31.5. The van der Waals surface area contributed by atoms with Crippen molar-refractivity contribution in [1.82, 2.24) is 30.0 Å². The third-order valence-corrected chi connectivity index (χ3v) is 11.5. The number of phenols is 1. The summed E-state index contributed by atoms with van der Waals surface area (Å²) < 4.78 is 18.2. The Kier molecular flexibility index (Phi) is 13.4. The van der Waals surface area contributed by atoms with Gasteiger partial charge in [-0.05, 0) is 70.8 Å². The normalized spacial score (nSPS) is 16.2. The number of rotatable bonds is 19. The van der Waals surface area contributed by atoms with Gasteiger partial charge >= 0.3 is 0 Å². The van der Waals surface area contributed by atoms with Gasteiger partial charge in [0.1, 0.15) is 24.2 Å². The highest BCUT2D eigenvalue weighted by molar-refractivity contribution is 6.25. The number of nitrogens with one attached hydrogen (secondary N) is 3. The molecular formula is C47H47N7O11. The number of piperidine rings is 1. The predicted octanol–water partition coefficient (Wildman–Crippen LogP) is 2.71. The van der Waals surface area contributed by atoms with Gasteiger partial charge in [-0.3, -0.25) is 48.3 Å².